The summed E-state index contributed by atoms with van der Waals surface area (Å²) in [6, 6.07) is 3.82. The van der Waals surface area contributed by atoms with E-state index in [0.717, 1.165) is 23.4 Å². The van der Waals surface area contributed by atoms with Crippen LogP contribution in [0.4, 0.5) is 19.4 Å². The summed E-state index contributed by atoms with van der Waals surface area (Å²) in [6.07, 6.45) is 6.45. The lowest BCUT2D eigenvalue weighted by Gasteiger charge is -2.35. The highest BCUT2D eigenvalue weighted by Crippen LogP contribution is 2.31. The van der Waals surface area contributed by atoms with Gasteiger partial charge in [0.15, 0.2) is 11.6 Å². The number of hydrogen-bond acceptors (Lipinski definition) is 4. The van der Waals surface area contributed by atoms with Crippen LogP contribution in [0.3, 0.4) is 0 Å². The molecule has 0 unspecified atom stereocenters. The number of carbonyl (C=O) groups is 1. The minimum absolute atomic E-state index is 0.0132. The lowest BCUT2D eigenvalue weighted by molar-refractivity contribution is 0.169. The SMILES string of the molecule is CCN1C[C@H](c2cccc(F)c2F)CC[C@@H](NC(=O)N2CCC(n3c4c([nH]c3=O)NCC=C4)CC2)C1=NC. The largest absolute Gasteiger partial charge is 0.366 e. The number of halogens is 2. The predicted octanol–water partition coefficient (Wildman–Crippen LogP) is 3.54. The summed E-state index contributed by atoms with van der Waals surface area (Å²) < 4.78 is 30.3. The fraction of sp³-hybridized carbons (Fsp3) is 0.519. The van der Waals surface area contributed by atoms with Gasteiger partial charge >= 0.3 is 11.7 Å². The van der Waals surface area contributed by atoms with Crippen LogP contribution in [0.25, 0.3) is 6.08 Å². The minimum atomic E-state index is -0.845. The number of anilines is 1. The number of aliphatic imine (C=N–C) groups is 1. The zero-order valence-electron chi connectivity index (χ0n) is 21.8. The van der Waals surface area contributed by atoms with E-state index < -0.39 is 11.6 Å². The highest BCUT2D eigenvalue weighted by atomic mass is 19.2. The first-order valence-electron chi connectivity index (χ1n) is 13.4. The Kier molecular flexibility index (Phi) is 7.53. The van der Waals surface area contributed by atoms with Crippen LogP contribution in [0.15, 0.2) is 34.1 Å². The van der Waals surface area contributed by atoms with Crippen molar-refractivity contribution in [3.05, 3.63) is 57.7 Å². The van der Waals surface area contributed by atoms with Crippen molar-refractivity contribution in [1.29, 1.82) is 0 Å². The Morgan fingerprint density at radius 1 is 1.18 bits per heavy atom. The van der Waals surface area contributed by atoms with Gasteiger partial charge in [-0.1, -0.05) is 18.2 Å². The van der Waals surface area contributed by atoms with Gasteiger partial charge in [-0.3, -0.25) is 14.5 Å². The summed E-state index contributed by atoms with van der Waals surface area (Å²) in [5.41, 5.74) is 1.08. The Bertz CT molecular complexity index is 1290. The van der Waals surface area contributed by atoms with Gasteiger partial charge in [0.25, 0.3) is 0 Å². The average Bonchev–Trinajstić information content (AvgIpc) is 3.16. The highest BCUT2D eigenvalue weighted by molar-refractivity contribution is 5.91. The molecule has 4 heterocycles. The molecule has 2 saturated heterocycles. The van der Waals surface area contributed by atoms with E-state index in [-0.39, 0.29) is 29.7 Å². The van der Waals surface area contributed by atoms with Gasteiger partial charge in [-0.25, -0.2) is 18.4 Å². The summed E-state index contributed by atoms with van der Waals surface area (Å²) in [5, 5.41) is 6.34. The minimum Gasteiger partial charge on any atom is -0.366 e. The molecule has 0 radical (unpaired) electrons. The lowest BCUT2D eigenvalue weighted by Crippen LogP contribution is -2.53. The number of carbonyl (C=O) groups excluding carboxylic acids is 1. The zero-order chi connectivity index (χ0) is 26.8. The number of nitrogens with zero attached hydrogens (tertiary/aromatic N) is 4. The summed E-state index contributed by atoms with van der Waals surface area (Å²) in [6.45, 7) is 4.87. The fourth-order valence-corrected chi connectivity index (χ4v) is 6.00. The van der Waals surface area contributed by atoms with E-state index in [9.17, 15) is 18.4 Å². The Morgan fingerprint density at radius 2 is 1.97 bits per heavy atom. The van der Waals surface area contributed by atoms with E-state index in [1.807, 2.05) is 24.0 Å². The van der Waals surface area contributed by atoms with Gasteiger partial charge < -0.3 is 20.4 Å². The molecule has 0 spiro atoms. The molecule has 3 aliphatic rings. The molecule has 3 aliphatic heterocycles. The molecule has 38 heavy (non-hydrogen) atoms. The maximum Gasteiger partial charge on any atom is 0.327 e. The van der Waals surface area contributed by atoms with Gasteiger partial charge in [0.1, 0.15) is 11.7 Å². The molecule has 9 nitrogen and oxygen atoms in total. The van der Waals surface area contributed by atoms with Crippen LogP contribution in [-0.4, -0.2) is 77.0 Å². The van der Waals surface area contributed by atoms with Crippen molar-refractivity contribution >= 4 is 23.8 Å². The van der Waals surface area contributed by atoms with Gasteiger partial charge in [-0.2, -0.15) is 0 Å². The van der Waals surface area contributed by atoms with E-state index in [2.05, 4.69) is 20.6 Å². The lowest BCUT2D eigenvalue weighted by atomic mass is 9.93. The molecule has 0 aliphatic carbocycles. The van der Waals surface area contributed by atoms with Crippen molar-refractivity contribution in [3.8, 4) is 0 Å². The predicted molar refractivity (Wildman–Crippen MR) is 144 cm³/mol. The standard InChI is InChI=1S/C27H35F2N7O2/c1-3-34-16-17(19-6-4-7-20(28)23(19)29)9-10-21(25(34)30-2)32-26(37)35-14-11-18(12-15-35)36-22-8-5-13-31-24(22)33-27(36)38/h4-8,17-18,21,31H,3,9-16H2,1-2H3,(H,32,37)(H,33,38)/t17-,21-/m1/s1. The Balaban J connectivity index is 1.25. The number of urea groups is 1. The number of H-pyrrole nitrogens is 1. The third kappa shape index (κ3) is 4.93. The van der Waals surface area contributed by atoms with Gasteiger partial charge in [-0.05, 0) is 50.3 Å². The summed E-state index contributed by atoms with van der Waals surface area (Å²) >= 11 is 0. The molecule has 2 amide bonds. The van der Waals surface area contributed by atoms with Gasteiger partial charge in [0, 0.05) is 51.7 Å². The van der Waals surface area contributed by atoms with Crippen LogP contribution in [0.5, 0.6) is 0 Å². The number of aromatic nitrogens is 2. The van der Waals surface area contributed by atoms with E-state index in [1.54, 1.807) is 22.6 Å². The number of likely N-dealkylation sites (tertiary alicyclic amines) is 2. The Hall–Kier alpha value is -3.63. The van der Waals surface area contributed by atoms with Crippen molar-refractivity contribution in [2.75, 3.05) is 45.1 Å². The first-order chi connectivity index (χ1) is 18.4. The average molecular weight is 528 g/mol. The Morgan fingerprint density at radius 3 is 2.71 bits per heavy atom. The van der Waals surface area contributed by atoms with E-state index >= 15 is 0 Å². The number of piperidine rings is 1. The maximum absolute atomic E-state index is 14.6. The topological polar surface area (TPSA) is 97.8 Å². The molecule has 1 aromatic heterocycles. The summed E-state index contributed by atoms with van der Waals surface area (Å²) in [4.78, 5) is 37.1. The van der Waals surface area contributed by atoms with E-state index in [0.29, 0.717) is 64.0 Å². The third-order valence-electron chi connectivity index (χ3n) is 7.97. The first-order valence-corrected chi connectivity index (χ1v) is 13.4. The second-order valence-corrected chi connectivity index (χ2v) is 10.1. The van der Waals surface area contributed by atoms with Crippen LogP contribution >= 0.6 is 0 Å². The zero-order valence-corrected chi connectivity index (χ0v) is 21.8. The summed E-state index contributed by atoms with van der Waals surface area (Å²) in [5.74, 6) is -0.367. The van der Waals surface area contributed by atoms with E-state index in [4.69, 9.17) is 0 Å². The van der Waals surface area contributed by atoms with Crippen molar-refractivity contribution in [1.82, 2.24) is 24.7 Å². The van der Waals surface area contributed by atoms with Gasteiger partial charge in [0.2, 0.25) is 0 Å². The molecule has 11 heteroatoms. The fourth-order valence-electron chi connectivity index (χ4n) is 6.00. The molecule has 1 aromatic carbocycles. The van der Waals surface area contributed by atoms with Crippen molar-refractivity contribution in [2.45, 2.75) is 50.6 Å². The molecule has 2 aromatic rings. The molecule has 0 saturated carbocycles. The number of aromatic amines is 1. The van der Waals surface area contributed by atoms with Crippen molar-refractivity contribution < 1.29 is 13.6 Å². The number of amides is 2. The number of rotatable bonds is 4. The van der Waals surface area contributed by atoms with Gasteiger partial charge in [-0.15, -0.1) is 0 Å². The molecule has 5 rings (SSSR count). The second-order valence-electron chi connectivity index (χ2n) is 10.1. The first kappa shape index (κ1) is 26.0. The molecular formula is C27H35F2N7O2. The van der Waals surface area contributed by atoms with Crippen LogP contribution in [0, 0.1) is 11.6 Å². The van der Waals surface area contributed by atoms with Crippen LogP contribution in [0.2, 0.25) is 0 Å². The molecule has 0 bridgehead atoms. The molecule has 2 atom stereocenters. The number of likely N-dealkylation sites (N-methyl/N-ethyl adjacent to an activating group) is 1. The summed E-state index contributed by atoms with van der Waals surface area (Å²) in [7, 11) is 1.70. The van der Waals surface area contributed by atoms with Crippen molar-refractivity contribution in [3.63, 3.8) is 0 Å². The molecule has 3 N–H and O–H groups in total. The Labute approximate surface area is 220 Å². The quantitative estimate of drug-likeness (QED) is 0.567. The van der Waals surface area contributed by atoms with Gasteiger partial charge in [0.05, 0.1) is 11.7 Å². The number of fused-ring (bicyclic) bond motifs is 1. The molecular weight excluding hydrogens is 492 g/mol. The molecule has 204 valence electrons. The monoisotopic (exact) mass is 527 g/mol. The van der Waals surface area contributed by atoms with Crippen LogP contribution < -0.4 is 16.3 Å². The number of hydrogen-bond donors (Lipinski definition) is 3. The van der Waals surface area contributed by atoms with Crippen LogP contribution in [-0.2, 0) is 0 Å². The number of nitrogens with one attached hydrogen (secondary N) is 3. The number of benzene rings is 1. The smallest absolute Gasteiger partial charge is 0.327 e. The third-order valence-corrected chi connectivity index (χ3v) is 7.97. The van der Waals surface area contributed by atoms with E-state index in [1.165, 1.54) is 6.07 Å². The van der Waals surface area contributed by atoms with Crippen LogP contribution in [0.1, 0.15) is 55.8 Å². The number of imidazole rings is 1. The normalized spacial score (nSPS) is 23.2. The second kappa shape index (κ2) is 11.0. The van der Waals surface area contributed by atoms with Crippen molar-refractivity contribution in [2.24, 2.45) is 4.99 Å². The number of amidine groups is 1. The molecule has 2 fully saturated rings. The highest BCUT2D eigenvalue weighted by Gasteiger charge is 2.34. The maximum atomic E-state index is 14.6.